The first-order chi connectivity index (χ1) is 15.1. The van der Waals surface area contributed by atoms with E-state index in [1.807, 2.05) is 6.07 Å². The van der Waals surface area contributed by atoms with Crippen LogP contribution in [0.2, 0.25) is 0 Å². The van der Waals surface area contributed by atoms with Gasteiger partial charge < -0.3 is 5.11 Å². The fraction of sp³-hybridized carbons (Fsp3) is 0.600. The van der Waals surface area contributed by atoms with Crippen molar-refractivity contribution in [2.24, 2.45) is 0 Å². The number of phenols is 1. The normalized spacial score (nSPS) is 13.9. The third kappa shape index (κ3) is 5.73. The van der Waals surface area contributed by atoms with Crippen LogP contribution in [0.3, 0.4) is 0 Å². The second-order valence-corrected chi connectivity index (χ2v) is 9.90. The molecule has 0 heterocycles. The van der Waals surface area contributed by atoms with Crippen LogP contribution in [-0.2, 0) is 5.41 Å². The summed E-state index contributed by atoms with van der Waals surface area (Å²) in [7, 11) is 0. The van der Waals surface area contributed by atoms with Gasteiger partial charge in [-0.1, -0.05) is 121 Å². The van der Waals surface area contributed by atoms with Gasteiger partial charge in [0.25, 0.3) is 0 Å². The monoisotopic (exact) mass is 420 g/mol. The van der Waals surface area contributed by atoms with Gasteiger partial charge in [-0.25, -0.2) is 0 Å². The number of hydrogen-bond acceptors (Lipinski definition) is 1. The topological polar surface area (TPSA) is 20.2 Å². The maximum atomic E-state index is 10.4. The molecule has 0 bridgehead atoms. The van der Waals surface area contributed by atoms with Crippen LogP contribution >= 0.6 is 0 Å². The fourth-order valence-corrected chi connectivity index (χ4v) is 5.67. The number of aromatic hydroxyl groups is 1. The van der Waals surface area contributed by atoms with Gasteiger partial charge in [-0.3, -0.25) is 0 Å². The van der Waals surface area contributed by atoms with Crippen molar-refractivity contribution in [1.29, 1.82) is 0 Å². The van der Waals surface area contributed by atoms with E-state index in [9.17, 15) is 5.11 Å². The van der Waals surface area contributed by atoms with E-state index in [2.05, 4.69) is 51.1 Å². The molecule has 0 saturated heterocycles. The minimum atomic E-state index is 0.0743. The van der Waals surface area contributed by atoms with Gasteiger partial charge in [0.1, 0.15) is 5.75 Å². The van der Waals surface area contributed by atoms with Crippen LogP contribution in [0.25, 0.3) is 11.1 Å². The van der Waals surface area contributed by atoms with Crippen molar-refractivity contribution in [2.75, 3.05) is 0 Å². The maximum absolute atomic E-state index is 10.4. The summed E-state index contributed by atoms with van der Waals surface area (Å²) < 4.78 is 0. The van der Waals surface area contributed by atoms with Gasteiger partial charge in [-0.15, -0.1) is 0 Å². The molecule has 1 N–H and O–H groups in total. The van der Waals surface area contributed by atoms with E-state index in [0.717, 1.165) is 0 Å². The van der Waals surface area contributed by atoms with Gasteiger partial charge in [0.05, 0.1) is 0 Å². The molecule has 0 saturated carbocycles. The first kappa shape index (κ1) is 23.9. The van der Waals surface area contributed by atoms with Crippen molar-refractivity contribution in [1.82, 2.24) is 0 Å². The lowest BCUT2D eigenvalue weighted by molar-refractivity contribution is 0.395. The molecule has 2 aromatic carbocycles. The maximum Gasteiger partial charge on any atom is 0.115 e. The molecule has 1 aliphatic carbocycles. The molecule has 0 aromatic heterocycles. The van der Waals surface area contributed by atoms with Gasteiger partial charge in [0.2, 0.25) is 0 Å². The molecule has 0 unspecified atom stereocenters. The molecule has 0 fully saturated rings. The molecular formula is C30H44O. The summed E-state index contributed by atoms with van der Waals surface area (Å²) in [6.07, 6.45) is 18.4. The molecule has 1 aliphatic rings. The lowest BCUT2D eigenvalue weighted by atomic mass is 9.70. The molecule has 0 aliphatic heterocycles. The van der Waals surface area contributed by atoms with E-state index in [1.165, 1.54) is 118 Å². The van der Waals surface area contributed by atoms with Gasteiger partial charge in [-0.05, 0) is 54.2 Å². The molecule has 2 aromatic rings. The standard InChI is InChI=1S/C30H44O/c1-4-6-8-10-12-14-20-30(21-15-13-11-9-7-5-2)28-22-24(3)16-18-26(28)27-19-17-25(31)23-29(27)30/h16-19,22-23,31H,4-15,20-21H2,1-3H3. The first-order valence-corrected chi connectivity index (χ1v) is 13.1. The zero-order valence-electron chi connectivity index (χ0n) is 20.3. The predicted octanol–water partition coefficient (Wildman–Crippen LogP) is 9.47. The summed E-state index contributed by atoms with van der Waals surface area (Å²) in [6, 6.07) is 13.1. The minimum Gasteiger partial charge on any atom is -0.508 e. The number of benzene rings is 2. The third-order valence-corrected chi connectivity index (χ3v) is 7.41. The quantitative estimate of drug-likeness (QED) is 0.302. The molecule has 170 valence electrons. The van der Waals surface area contributed by atoms with Gasteiger partial charge in [-0.2, -0.15) is 0 Å². The number of phenolic OH excluding ortho intramolecular Hbond substituents is 1. The van der Waals surface area contributed by atoms with Crippen LogP contribution in [0.1, 0.15) is 120 Å². The summed E-state index contributed by atoms with van der Waals surface area (Å²) in [6.45, 7) is 6.80. The Morgan fingerprint density at radius 2 is 1.10 bits per heavy atom. The van der Waals surface area contributed by atoms with Crippen LogP contribution in [0, 0.1) is 6.92 Å². The van der Waals surface area contributed by atoms with Gasteiger partial charge in [0.15, 0.2) is 0 Å². The van der Waals surface area contributed by atoms with Gasteiger partial charge in [0, 0.05) is 5.41 Å². The molecule has 0 radical (unpaired) electrons. The number of fused-ring (bicyclic) bond motifs is 3. The Kier molecular flexibility index (Phi) is 9.05. The third-order valence-electron chi connectivity index (χ3n) is 7.41. The van der Waals surface area contributed by atoms with Crippen molar-refractivity contribution in [3.05, 3.63) is 53.1 Å². The molecule has 3 rings (SSSR count). The van der Waals surface area contributed by atoms with Crippen molar-refractivity contribution in [3.63, 3.8) is 0 Å². The molecule has 31 heavy (non-hydrogen) atoms. The highest BCUT2D eigenvalue weighted by Gasteiger charge is 2.42. The Morgan fingerprint density at radius 3 is 1.68 bits per heavy atom. The lowest BCUT2D eigenvalue weighted by Gasteiger charge is -2.33. The SMILES string of the molecule is CCCCCCCCC1(CCCCCCCC)c2cc(C)ccc2-c2ccc(O)cc21. The number of rotatable bonds is 14. The number of hydrogen-bond donors (Lipinski definition) is 1. The van der Waals surface area contributed by atoms with E-state index in [1.54, 1.807) is 0 Å². The summed E-state index contributed by atoms with van der Waals surface area (Å²) in [4.78, 5) is 0. The van der Waals surface area contributed by atoms with Crippen molar-refractivity contribution < 1.29 is 5.11 Å². The second-order valence-electron chi connectivity index (χ2n) is 9.90. The Hall–Kier alpha value is -1.76. The van der Waals surface area contributed by atoms with Crippen molar-refractivity contribution >= 4 is 0 Å². The van der Waals surface area contributed by atoms with E-state index in [4.69, 9.17) is 0 Å². The smallest absolute Gasteiger partial charge is 0.115 e. The molecular weight excluding hydrogens is 376 g/mol. The highest BCUT2D eigenvalue weighted by molar-refractivity contribution is 5.82. The van der Waals surface area contributed by atoms with Crippen molar-refractivity contribution in [3.8, 4) is 16.9 Å². The van der Waals surface area contributed by atoms with Crippen LogP contribution in [-0.4, -0.2) is 5.11 Å². The highest BCUT2D eigenvalue weighted by Crippen LogP contribution is 2.55. The fourth-order valence-electron chi connectivity index (χ4n) is 5.67. The lowest BCUT2D eigenvalue weighted by Crippen LogP contribution is -2.25. The zero-order valence-corrected chi connectivity index (χ0v) is 20.3. The highest BCUT2D eigenvalue weighted by atomic mass is 16.3. The molecule has 0 atom stereocenters. The second kappa shape index (κ2) is 11.7. The Morgan fingerprint density at radius 1 is 0.613 bits per heavy atom. The Labute approximate surface area is 191 Å². The van der Waals surface area contributed by atoms with E-state index in [-0.39, 0.29) is 5.41 Å². The zero-order chi connectivity index (χ0) is 22.1. The minimum absolute atomic E-state index is 0.0743. The predicted molar refractivity (Wildman–Crippen MR) is 135 cm³/mol. The van der Waals surface area contributed by atoms with Crippen LogP contribution in [0.5, 0.6) is 5.75 Å². The van der Waals surface area contributed by atoms with Crippen LogP contribution in [0.15, 0.2) is 36.4 Å². The summed E-state index contributed by atoms with van der Waals surface area (Å²) >= 11 is 0. The van der Waals surface area contributed by atoms with E-state index in [0.29, 0.717) is 5.75 Å². The molecule has 1 heteroatoms. The summed E-state index contributed by atoms with van der Waals surface area (Å²) in [5.74, 6) is 0.415. The largest absolute Gasteiger partial charge is 0.508 e. The average Bonchev–Trinajstić information content (AvgIpc) is 3.02. The Balaban J connectivity index is 1.85. The molecule has 1 nitrogen and oxygen atoms in total. The van der Waals surface area contributed by atoms with Crippen molar-refractivity contribution in [2.45, 2.75) is 116 Å². The van der Waals surface area contributed by atoms with Crippen LogP contribution in [0.4, 0.5) is 0 Å². The average molecular weight is 421 g/mol. The van der Waals surface area contributed by atoms with Gasteiger partial charge >= 0.3 is 0 Å². The molecule has 0 spiro atoms. The molecule has 0 amide bonds. The number of unbranched alkanes of at least 4 members (excludes halogenated alkanes) is 10. The summed E-state index contributed by atoms with van der Waals surface area (Å²) in [5.41, 5.74) is 7.09. The van der Waals surface area contributed by atoms with Crippen LogP contribution < -0.4 is 0 Å². The van der Waals surface area contributed by atoms with E-state index < -0.39 is 0 Å². The first-order valence-electron chi connectivity index (χ1n) is 13.1. The van der Waals surface area contributed by atoms with E-state index >= 15 is 0 Å². The number of aryl methyl sites for hydroxylation is 1. The Bertz CT molecular complexity index is 750. The summed E-state index contributed by atoms with van der Waals surface area (Å²) in [5, 5.41) is 10.4.